The van der Waals surface area contributed by atoms with E-state index in [1.165, 1.54) is 29.6 Å². The third kappa shape index (κ3) is 4.75. The van der Waals surface area contributed by atoms with Crippen molar-refractivity contribution in [2.75, 3.05) is 13.2 Å². The number of carbonyl (C=O) groups excluding carboxylic acids is 4. The molecule has 0 bridgehead atoms. The zero-order valence-electron chi connectivity index (χ0n) is 14.2. The molecule has 1 aliphatic heterocycles. The van der Waals surface area contributed by atoms with Gasteiger partial charge in [-0.2, -0.15) is 0 Å². The zero-order chi connectivity index (χ0) is 19.2. The second-order valence-corrected chi connectivity index (χ2v) is 5.84. The van der Waals surface area contributed by atoms with Crippen molar-refractivity contribution >= 4 is 23.7 Å². The summed E-state index contributed by atoms with van der Waals surface area (Å²) in [7, 11) is 0. The Kier molecular flexibility index (Phi) is 5.55. The fourth-order valence-corrected chi connectivity index (χ4v) is 2.56. The van der Waals surface area contributed by atoms with Gasteiger partial charge in [0.25, 0.3) is 5.91 Å². The highest BCUT2D eigenvalue weighted by Crippen LogP contribution is 2.21. The van der Waals surface area contributed by atoms with E-state index in [1.807, 2.05) is 0 Å². The average Bonchev–Trinajstić information content (AvgIpc) is 3.41. The van der Waals surface area contributed by atoms with Crippen LogP contribution in [0.2, 0.25) is 0 Å². The molecule has 10 nitrogen and oxygen atoms in total. The van der Waals surface area contributed by atoms with Gasteiger partial charge in [-0.05, 0) is 24.3 Å². The van der Waals surface area contributed by atoms with E-state index in [0.29, 0.717) is 5.76 Å². The predicted octanol–water partition coefficient (Wildman–Crippen LogP) is 0.225. The van der Waals surface area contributed by atoms with Crippen LogP contribution >= 0.6 is 0 Å². The number of rotatable bonds is 6. The Labute approximate surface area is 153 Å². The number of carbonyl (C=O) groups is 4. The summed E-state index contributed by atoms with van der Waals surface area (Å²) in [6.07, 6.45) is 2.83. The molecule has 1 saturated heterocycles. The number of esters is 1. The van der Waals surface area contributed by atoms with Crippen LogP contribution in [0.15, 0.2) is 45.6 Å². The van der Waals surface area contributed by atoms with Crippen LogP contribution in [-0.2, 0) is 25.7 Å². The Morgan fingerprint density at radius 1 is 1.15 bits per heavy atom. The molecule has 1 atom stereocenters. The van der Waals surface area contributed by atoms with E-state index in [4.69, 9.17) is 13.6 Å². The lowest BCUT2D eigenvalue weighted by atomic mass is 10.1. The highest BCUT2D eigenvalue weighted by molar-refractivity contribution is 5.93. The van der Waals surface area contributed by atoms with Crippen molar-refractivity contribution in [1.29, 1.82) is 0 Å². The number of nitrogens with zero attached hydrogens (tertiary/aromatic N) is 1. The van der Waals surface area contributed by atoms with E-state index in [-0.39, 0.29) is 31.2 Å². The molecule has 1 fully saturated rings. The molecule has 0 spiro atoms. The molecular formula is C17H17N3O7. The molecule has 0 radical (unpaired) electrons. The number of likely N-dealkylation sites (tertiary alicyclic amines) is 1. The zero-order valence-corrected chi connectivity index (χ0v) is 14.2. The van der Waals surface area contributed by atoms with Crippen molar-refractivity contribution in [3.8, 4) is 0 Å². The first-order valence-electron chi connectivity index (χ1n) is 8.12. The second kappa shape index (κ2) is 8.21. The van der Waals surface area contributed by atoms with Gasteiger partial charge in [0.15, 0.2) is 12.4 Å². The Hall–Kier alpha value is -3.56. The monoisotopic (exact) mass is 375 g/mol. The molecule has 1 aliphatic rings. The number of amides is 3. The summed E-state index contributed by atoms with van der Waals surface area (Å²) in [5.41, 5.74) is 4.22. The molecule has 142 valence electrons. The maximum Gasteiger partial charge on any atom is 0.311 e. The van der Waals surface area contributed by atoms with Crippen LogP contribution in [0.3, 0.4) is 0 Å². The number of hydrazine groups is 1. The van der Waals surface area contributed by atoms with Gasteiger partial charge in [-0.1, -0.05) is 0 Å². The number of ether oxygens (including phenoxy) is 1. The average molecular weight is 375 g/mol. The quantitative estimate of drug-likeness (QED) is 0.545. The molecule has 0 saturated carbocycles. The molecule has 3 rings (SSSR count). The molecule has 2 aromatic heterocycles. The minimum Gasteiger partial charge on any atom is -0.467 e. The Morgan fingerprint density at radius 3 is 2.63 bits per heavy atom. The maximum atomic E-state index is 12.1. The van der Waals surface area contributed by atoms with E-state index >= 15 is 0 Å². The number of nitrogens with one attached hydrogen (secondary N) is 2. The lowest BCUT2D eigenvalue weighted by Gasteiger charge is -2.14. The van der Waals surface area contributed by atoms with Crippen LogP contribution in [-0.4, -0.2) is 41.7 Å². The van der Waals surface area contributed by atoms with Gasteiger partial charge >= 0.3 is 11.9 Å². The van der Waals surface area contributed by atoms with Crippen molar-refractivity contribution in [2.45, 2.75) is 13.0 Å². The van der Waals surface area contributed by atoms with Gasteiger partial charge in [-0.3, -0.25) is 30.0 Å². The topological polar surface area (TPSA) is 131 Å². The molecule has 0 unspecified atom stereocenters. The highest BCUT2D eigenvalue weighted by Gasteiger charge is 2.35. The van der Waals surface area contributed by atoms with Crippen LogP contribution < -0.4 is 10.9 Å². The lowest BCUT2D eigenvalue weighted by molar-refractivity contribution is -0.152. The fourth-order valence-electron chi connectivity index (χ4n) is 2.56. The summed E-state index contributed by atoms with van der Waals surface area (Å²) in [5, 5.41) is 0. The summed E-state index contributed by atoms with van der Waals surface area (Å²) in [6, 6.07) is 6.40. The molecule has 3 amide bonds. The van der Waals surface area contributed by atoms with E-state index in [1.54, 1.807) is 12.1 Å². The smallest absolute Gasteiger partial charge is 0.311 e. The largest absolute Gasteiger partial charge is 0.467 e. The van der Waals surface area contributed by atoms with Crippen LogP contribution in [0.1, 0.15) is 22.7 Å². The molecule has 0 aliphatic carbocycles. The standard InChI is InChI=1S/C17H17N3O7/c21-14(18-19-16(23)13-4-2-6-26-13)10-27-17(24)11-7-15(22)20(8-11)9-12-3-1-5-25-12/h1-6,11H,7-10H2,(H,18,21)(H,19,23)/t11-/m0/s1. The lowest BCUT2D eigenvalue weighted by Crippen LogP contribution is -2.43. The van der Waals surface area contributed by atoms with Gasteiger partial charge in [-0.15, -0.1) is 0 Å². The molecule has 2 aromatic rings. The van der Waals surface area contributed by atoms with Gasteiger partial charge in [-0.25, -0.2) is 0 Å². The number of hydrogen-bond donors (Lipinski definition) is 2. The summed E-state index contributed by atoms with van der Waals surface area (Å²) < 4.78 is 15.0. The maximum absolute atomic E-state index is 12.1. The summed E-state index contributed by atoms with van der Waals surface area (Å²) >= 11 is 0. The fraction of sp³-hybridized carbons (Fsp3) is 0.294. The third-order valence-electron chi connectivity index (χ3n) is 3.88. The summed E-state index contributed by atoms with van der Waals surface area (Å²) in [4.78, 5) is 48.8. The van der Waals surface area contributed by atoms with Crippen LogP contribution in [0.5, 0.6) is 0 Å². The SMILES string of the molecule is O=C(COC(=O)[C@H]1CC(=O)N(Cc2ccco2)C1)NNC(=O)c1ccco1. The summed E-state index contributed by atoms with van der Waals surface area (Å²) in [5.74, 6) is -2.23. The van der Waals surface area contributed by atoms with E-state index < -0.39 is 30.3 Å². The van der Waals surface area contributed by atoms with E-state index in [0.717, 1.165) is 0 Å². The molecule has 27 heavy (non-hydrogen) atoms. The van der Waals surface area contributed by atoms with Gasteiger partial charge in [0.2, 0.25) is 5.91 Å². The first kappa shape index (κ1) is 18.2. The molecule has 3 heterocycles. The van der Waals surface area contributed by atoms with Gasteiger partial charge < -0.3 is 18.5 Å². The number of hydrogen-bond acceptors (Lipinski definition) is 7. The van der Waals surface area contributed by atoms with E-state index in [2.05, 4.69) is 10.9 Å². The van der Waals surface area contributed by atoms with Crippen LogP contribution in [0.4, 0.5) is 0 Å². The Morgan fingerprint density at radius 2 is 1.93 bits per heavy atom. The summed E-state index contributed by atoms with van der Waals surface area (Å²) in [6.45, 7) is -0.121. The Balaban J connectivity index is 1.39. The van der Waals surface area contributed by atoms with Crippen molar-refractivity contribution < 1.29 is 32.7 Å². The minimum absolute atomic E-state index is 0.0103. The molecular weight excluding hydrogens is 358 g/mol. The van der Waals surface area contributed by atoms with Crippen LogP contribution in [0.25, 0.3) is 0 Å². The molecule has 0 aromatic carbocycles. The van der Waals surface area contributed by atoms with Gasteiger partial charge in [0.05, 0.1) is 25.0 Å². The van der Waals surface area contributed by atoms with Crippen molar-refractivity contribution in [3.63, 3.8) is 0 Å². The first-order chi connectivity index (χ1) is 13.0. The van der Waals surface area contributed by atoms with Crippen molar-refractivity contribution in [2.24, 2.45) is 5.92 Å². The number of furan rings is 2. The van der Waals surface area contributed by atoms with Gasteiger partial charge in [0, 0.05) is 13.0 Å². The normalized spacial score (nSPS) is 16.2. The van der Waals surface area contributed by atoms with Gasteiger partial charge in [0.1, 0.15) is 5.76 Å². The molecule has 2 N–H and O–H groups in total. The van der Waals surface area contributed by atoms with Crippen LogP contribution in [0, 0.1) is 5.92 Å². The Bertz CT molecular complexity index is 814. The van der Waals surface area contributed by atoms with Crippen molar-refractivity contribution in [1.82, 2.24) is 15.8 Å². The molecule has 10 heteroatoms. The van der Waals surface area contributed by atoms with Crippen molar-refractivity contribution in [3.05, 3.63) is 48.3 Å². The second-order valence-electron chi connectivity index (χ2n) is 5.84. The first-order valence-corrected chi connectivity index (χ1v) is 8.12. The predicted molar refractivity (Wildman–Crippen MR) is 87.5 cm³/mol. The van der Waals surface area contributed by atoms with E-state index in [9.17, 15) is 19.2 Å². The minimum atomic E-state index is -0.722. The third-order valence-corrected chi connectivity index (χ3v) is 3.88. The highest BCUT2D eigenvalue weighted by atomic mass is 16.5.